The molecule has 0 N–H and O–H groups in total. The molecular formula is C22H25N3O6S. The Kier molecular flexibility index (Phi) is 6.07. The van der Waals surface area contributed by atoms with Gasteiger partial charge in [0.2, 0.25) is 15.9 Å². The first-order valence-electron chi connectivity index (χ1n) is 10.4. The van der Waals surface area contributed by atoms with Crippen LogP contribution in [0.3, 0.4) is 0 Å². The monoisotopic (exact) mass is 459 g/mol. The van der Waals surface area contributed by atoms with Gasteiger partial charge in [-0.25, -0.2) is 13.2 Å². The molecule has 32 heavy (non-hydrogen) atoms. The van der Waals surface area contributed by atoms with E-state index in [1.54, 1.807) is 48.2 Å². The topological polar surface area (TPSA) is 102 Å². The Labute approximate surface area is 185 Å². The second-order valence-corrected chi connectivity index (χ2v) is 9.45. The van der Waals surface area contributed by atoms with E-state index in [1.165, 1.54) is 21.0 Å². The van der Waals surface area contributed by atoms with Crippen molar-refractivity contribution < 1.29 is 22.4 Å². The van der Waals surface area contributed by atoms with Crippen LogP contribution in [-0.4, -0.2) is 60.9 Å². The minimum atomic E-state index is -3.67. The van der Waals surface area contributed by atoms with Crippen LogP contribution in [0.4, 0.5) is 0 Å². The number of sulfonamides is 1. The van der Waals surface area contributed by atoms with Crippen LogP contribution >= 0.6 is 0 Å². The van der Waals surface area contributed by atoms with E-state index < -0.39 is 21.8 Å². The summed E-state index contributed by atoms with van der Waals surface area (Å²) in [7, 11) is -3.67. The van der Waals surface area contributed by atoms with Gasteiger partial charge in [0.15, 0.2) is 5.58 Å². The minimum absolute atomic E-state index is 0.176. The van der Waals surface area contributed by atoms with Crippen molar-refractivity contribution in [1.82, 2.24) is 13.8 Å². The molecule has 10 heteroatoms. The predicted molar refractivity (Wildman–Crippen MR) is 118 cm³/mol. The molecule has 1 aliphatic heterocycles. The van der Waals surface area contributed by atoms with E-state index in [4.69, 9.17) is 9.15 Å². The molecule has 1 aliphatic rings. The zero-order valence-electron chi connectivity index (χ0n) is 17.9. The van der Waals surface area contributed by atoms with E-state index in [1.807, 2.05) is 6.92 Å². The van der Waals surface area contributed by atoms with Gasteiger partial charge in [0.1, 0.15) is 11.8 Å². The van der Waals surface area contributed by atoms with Crippen LogP contribution in [0.25, 0.3) is 11.1 Å². The number of aromatic nitrogens is 1. The number of fused-ring (bicyclic) bond motifs is 1. The Morgan fingerprint density at radius 1 is 1.06 bits per heavy atom. The fourth-order valence-corrected chi connectivity index (χ4v) is 5.32. The number of rotatable bonds is 6. The van der Waals surface area contributed by atoms with Crippen LogP contribution in [0.5, 0.6) is 5.75 Å². The van der Waals surface area contributed by atoms with E-state index in [9.17, 15) is 18.0 Å². The van der Waals surface area contributed by atoms with Crippen molar-refractivity contribution in [1.29, 1.82) is 0 Å². The largest absolute Gasteiger partial charge is 0.494 e. The van der Waals surface area contributed by atoms with E-state index in [2.05, 4.69) is 0 Å². The standard InChI is InChI=1S/C22H25N3O6S/c1-3-30-17-8-10-18(11-9-17)32(28,29)24-14-12-23(13-15-24)21(26)16(2)25-19-6-4-5-7-20(19)31-22(25)27/h4-11,16H,3,12-15H2,1-2H3. The maximum atomic E-state index is 13.1. The summed E-state index contributed by atoms with van der Waals surface area (Å²) < 4.78 is 39.2. The van der Waals surface area contributed by atoms with Gasteiger partial charge in [0, 0.05) is 26.2 Å². The molecule has 2 aromatic carbocycles. The van der Waals surface area contributed by atoms with Crippen LogP contribution in [-0.2, 0) is 14.8 Å². The molecule has 1 saturated heterocycles. The highest BCUT2D eigenvalue weighted by molar-refractivity contribution is 7.89. The normalized spacial score (nSPS) is 16.2. The molecule has 1 aromatic heterocycles. The van der Waals surface area contributed by atoms with E-state index >= 15 is 0 Å². The van der Waals surface area contributed by atoms with Gasteiger partial charge in [0.05, 0.1) is 17.0 Å². The third-order valence-electron chi connectivity index (χ3n) is 5.59. The molecule has 1 amide bonds. The highest BCUT2D eigenvalue weighted by Gasteiger charge is 2.33. The molecule has 9 nitrogen and oxygen atoms in total. The predicted octanol–water partition coefficient (Wildman–Crippen LogP) is 2.09. The lowest BCUT2D eigenvalue weighted by Gasteiger charge is -2.35. The Balaban J connectivity index is 1.45. The lowest BCUT2D eigenvalue weighted by atomic mass is 10.2. The molecule has 170 valence electrons. The van der Waals surface area contributed by atoms with Gasteiger partial charge in [-0.15, -0.1) is 0 Å². The second kappa shape index (κ2) is 8.79. The van der Waals surface area contributed by atoms with Crippen molar-refractivity contribution in [3.63, 3.8) is 0 Å². The number of nitrogens with zero attached hydrogens (tertiary/aromatic N) is 3. The number of para-hydroxylation sites is 2. The zero-order chi connectivity index (χ0) is 22.9. The quantitative estimate of drug-likeness (QED) is 0.559. The lowest BCUT2D eigenvalue weighted by molar-refractivity contribution is -0.135. The van der Waals surface area contributed by atoms with Crippen LogP contribution < -0.4 is 10.5 Å². The molecule has 0 spiro atoms. The van der Waals surface area contributed by atoms with E-state index in [0.717, 1.165) is 0 Å². The van der Waals surface area contributed by atoms with Crippen molar-refractivity contribution in [3.8, 4) is 5.75 Å². The Morgan fingerprint density at radius 2 is 1.72 bits per heavy atom. The molecule has 0 radical (unpaired) electrons. The fraction of sp³-hybridized carbons (Fsp3) is 0.364. The lowest BCUT2D eigenvalue weighted by Crippen LogP contribution is -2.52. The first kappa shape index (κ1) is 22.1. The Bertz CT molecular complexity index is 1270. The number of benzene rings is 2. The number of amides is 1. The van der Waals surface area contributed by atoms with E-state index in [-0.39, 0.29) is 37.0 Å². The summed E-state index contributed by atoms with van der Waals surface area (Å²) in [4.78, 5) is 27.1. The molecule has 1 atom stereocenters. The number of oxazole rings is 1. The number of piperazine rings is 1. The third kappa shape index (κ3) is 4.03. The number of hydrogen-bond donors (Lipinski definition) is 0. The van der Waals surface area contributed by atoms with Crippen molar-refractivity contribution in [3.05, 3.63) is 59.1 Å². The maximum absolute atomic E-state index is 13.1. The fourth-order valence-electron chi connectivity index (χ4n) is 3.90. The summed E-state index contributed by atoms with van der Waals surface area (Å²) in [6, 6.07) is 12.5. The van der Waals surface area contributed by atoms with Gasteiger partial charge in [-0.1, -0.05) is 12.1 Å². The van der Waals surface area contributed by atoms with Gasteiger partial charge in [-0.3, -0.25) is 9.36 Å². The number of carbonyl (C=O) groups excluding carboxylic acids is 1. The summed E-state index contributed by atoms with van der Waals surface area (Å²) >= 11 is 0. The Hall–Kier alpha value is -3.11. The zero-order valence-corrected chi connectivity index (χ0v) is 18.7. The van der Waals surface area contributed by atoms with E-state index in [0.29, 0.717) is 23.5 Å². The smallest absolute Gasteiger partial charge is 0.420 e. The SMILES string of the molecule is CCOc1ccc(S(=O)(=O)N2CCN(C(=O)C(C)n3c(=O)oc4ccccc43)CC2)cc1. The van der Waals surface area contributed by atoms with Gasteiger partial charge in [-0.05, 0) is 50.2 Å². The highest BCUT2D eigenvalue weighted by Crippen LogP contribution is 2.23. The van der Waals surface area contributed by atoms with Crippen LogP contribution in [0, 0.1) is 0 Å². The number of hydrogen-bond acceptors (Lipinski definition) is 6. The summed E-state index contributed by atoms with van der Waals surface area (Å²) in [5.41, 5.74) is 0.971. The summed E-state index contributed by atoms with van der Waals surface area (Å²) in [5, 5.41) is 0. The average molecular weight is 460 g/mol. The third-order valence-corrected chi connectivity index (χ3v) is 7.50. The van der Waals surface area contributed by atoms with Gasteiger partial charge in [0.25, 0.3) is 0 Å². The summed E-state index contributed by atoms with van der Waals surface area (Å²) in [5.74, 6) is -0.238. The summed E-state index contributed by atoms with van der Waals surface area (Å²) in [6.07, 6.45) is 0. The Morgan fingerprint density at radius 3 is 2.38 bits per heavy atom. The molecule has 3 aromatic rings. The summed E-state index contributed by atoms with van der Waals surface area (Å²) in [6.45, 7) is 4.84. The molecule has 1 fully saturated rings. The average Bonchev–Trinajstić information content (AvgIpc) is 3.14. The second-order valence-electron chi connectivity index (χ2n) is 7.52. The molecular weight excluding hydrogens is 434 g/mol. The van der Waals surface area contributed by atoms with Gasteiger partial charge >= 0.3 is 5.76 Å². The van der Waals surface area contributed by atoms with Gasteiger partial charge < -0.3 is 14.1 Å². The first-order valence-corrected chi connectivity index (χ1v) is 11.9. The number of ether oxygens (including phenoxy) is 1. The minimum Gasteiger partial charge on any atom is -0.494 e. The molecule has 4 rings (SSSR count). The number of carbonyl (C=O) groups is 1. The van der Waals surface area contributed by atoms with Crippen LogP contribution in [0.2, 0.25) is 0 Å². The van der Waals surface area contributed by atoms with Crippen molar-refractivity contribution in [2.75, 3.05) is 32.8 Å². The molecule has 2 heterocycles. The molecule has 1 unspecified atom stereocenters. The van der Waals surface area contributed by atoms with Crippen molar-refractivity contribution >= 4 is 27.0 Å². The van der Waals surface area contributed by atoms with Gasteiger partial charge in [-0.2, -0.15) is 4.31 Å². The maximum Gasteiger partial charge on any atom is 0.420 e. The van der Waals surface area contributed by atoms with Crippen LogP contribution in [0.1, 0.15) is 19.9 Å². The van der Waals surface area contributed by atoms with Crippen LogP contribution in [0.15, 0.2) is 62.6 Å². The molecule has 0 aliphatic carbocycles. The van der Waals surface area contributed by atoms with Crippen molar-refractivity contribution in [2.24, 2.45) is 0 Å². The molecule has 0 saturated carbocycles. The first-order chi connectivity index (χ1) is 15.3. The molecule has 0 bridgehead atoms. The van der Waals surface area contributed by atoms with Crippen molar-refractivity contribution in [2.45, 2.75) is 24.8 Å². The highest BCUT2D eigenvalue weighted by atomic mass is 32.2.